The number of fused-ring (bicyclic) bond motifs is 2. The number of nitrogens with zero attached hydrogens (tertiary/aromatic N) is 10. The first-order valence-electron chi connectivity index (χ1n) is 24.5. The Labute approximate surface area is 517 Å². The van der Waals surface area contributed by atoms with Crippen molar-refractivity contribution in [2.24, 2.45) is 16.0 Å². The fourth-order valence-corrected chi connectivity index (χ4v) is 12.8. The third-order valence-corrected chi connectivity index (χ3v) is 18.2. The zero-order valence-corrected chi connectivity index (χ0v) is 50.9. The zero-order chi connectivity index (χ0) is 65.6. The molecule has 37 nitrogen and oxygen atoms in total. The number of carbonyl (C=O) groups is 1. The van der Waals surface area contributed by atoms with E-state index in [1.807, 2.05) is 4.90 Å². The van der Waals surface area contributed by atoms with E-state index in [0.29, 0.717) is 69.1 Å². The van der Waals surface area contributed by atoms with Gasteiger partial charge in [-0.05, 0) is 119 Å². The molecule has 476 valence electrons. The van der Waals surface area contributed by atoms with E-state index in [9.17, 15) is 87.7 Å². The fraction of sp³-hybridized carbons (Fsp3) is 0.133. The molecular formula is C45H41Cl2N17O20S6. The Hall–Kier alpha value is -8.67. The summed E-state index contributed by atoms with van der Waals surface area (Å²) in [6.45, 7) is 2.53. The van der Waals surface area contributed by atoms with Crippen molar-refractivity contribution < 1.29 is 87.7 Å². The molecule has 1 saturated heterocycles. The minimum absolute atomic E-state index is 0.0221. The predicted molar refractivity (Wildman–Crippen MR) is 319 cm³/mol. The molecule has 8 aromatic rings. The van der Waals surface area contributed by atoms with Gasteiger partial charge in [0.2, 0.25) is 34.4 Å². The van der Waals surface area contributed by atoms with Crippen molar-refractivity contribution >= 4 is 175 Å². The number of nitrogens with one attached hydrogen (secondary N) is 6. The van der Waals surface area contributed by atoms with Crippen LogP contribution in [0.25, 0.3) is 21.5 Å². The van der Waals surface area contributed by atoms with Gasteiger partial charge in [0.15, 0.2) is 5.75 Å². The van der Waals surface area contributed by atoms with Gasteiger partial charge in [-0.25, -0.2) is 4.79 Å². The zero-order valence-electron chi connectivity index (χ0n) is 44.5. The SMILES string of the molecule is NC(=O)Nc1cc(Nc2nc(Cl)nc(N3CCN(CCNc4nc(Cl)nc(Nc5ccc6c(O)c(/N=N/c7cc(S(=O)(=O)O)ccc7S(=O)(=O)O)c(S(=O)(=O)O)cc6c5)n4)CC3)n2)ccc1NNc1cc2c(S(=O)(=O)O)cc(S(=O)(=O)O)cc2cc1S(=O)(=O)O. The number of piperazine rings is 1. The van der Waals surface area contributed by atoms with Crippen LogP contribution in [-0.2, 0) is 60.7 Å². The molecule has 90 heavy (non-hydrogen) atoms. The molecule has 2 aromatic heterocycles. The number of benzene rings is 6. The van der Waals surface area contributed by atoms with Gasteiger partial charge >= 0.3 is 6.03 Å². The quantitative estimate of drug-likeness (QED) is 0.0258. The summed E-state index contributed by atoms with van der Waals surface area (Å²) in [6, 6.07) is 12.2. The van der Waals surface area contributed by atoms with Crippen LogP contribution in [0, 0.1) is 0 Å². The molecule has 0 spiro atoms. The molecule has 0 aliphatic carbocycles. The van der Waals surface area contributed by atoms with Crippen LogP contribution in [0.5, 0.6) is 5.75 Å². The molecule has 15 N–H and O–H groups in total. The smallest absolute Gasteiger partial charge is 0.316 e. The number of phenolic OH excluding ortho intramolecular Hbond substituents is 1. The molecule has 2 amide bonds. The number of carbonyl (C=O) groups excluding carboxylic acids is 1. The van der Waals surface area contributed by atoms with Gasteiger partial charge in [-0.3, -0.25) is 43.1 Å². The number of urea groups is 1. The molecule has 0 unspecified atom stereocenters. The van der Waals surface area contributed by atoms with Crippen LogP contribution in [0.2, 0.25) is 10.6 Å². The highest BCUT2D eigenvalue weighted by molar-refractivity contribution is 7.87. The second kappa shape index (κ2) is 25.0. The summed E-state index contributed by atoms with van der Waals surface area (Å²) in [4.78, 5) is 35.5. The molecule has 0 saturated carbocycles. The number of primary amides is 1. The maximum absolute atomic E-state index is 12.6. The van der Waals surface area contributed by atoms with Crippen LogP contribution in [0.3, 0.4) is 0 Å². The normalized spacial score (nSPS) is 13.8. The predicted octanol–water partition coefficient (Wildman–Crippen LogP) is 4.92. The number of halogens is 2. The molecule has 1 aliphatic heterocycles. The molecule has 3 heterocycles. The number of anilines is 9. The van der Waals surface area contributed by atoms with Gasteiger partial charge in [-0.2, -0.15) is 80.4 Å². The third kappa shape index (κ3) is 15.7. The molecule has 9 rings (SSSR count). The van der Waals surface area contributed by atoms with Gasteiger partial charge in [-0.1, -0.05) is 0 Å². The van der Waals surface area contributed by atoms with Crippen LogP contribution in [0.4, 0.5) is 68.4 Å². The number of amides is 2. The van der Waals surface area contributed by atoms with E-state index in [2.05, 4.69) is 77.2 Å². The number of rotatable bonds is 21. The molecule has 1 fully saturated rings. The standard InChI is InChI=1S/C45H41Cl2N17O20S6/c46-39-53-42(57-43(54-39)50-23-1-4-27-21(13-23)16-36(90(82,83)84)37(38(27)65)62-61-31-18-25(85(67,68)69)3-6-33(31)87(73,74)75)49-7-8-63-9-11-64(12-10-63)45-56-40(47)55-44(58-45)51-24-2-5-29(30(17-24)52-41(48)66)59-60-32-20-28-22(15-35(32)89(79,80)81)14-26(86(70,71)72)19-34(28)88(76,77)78/h1-6,13-20,59-60,65H,7-12H2,(H3,48,52,66)(H,67,68,69)(H,70,71,72)(H,73,74,75)(H,76,77,78)(H,79,80,81)(H,82,83,84)(H,51,55,56,58)(H2,49,50,53,54,57)/b62-61+. The van der Waals surface area contributed by atoms with Crippen LogP contribution in [0.15, 0.2) is 125 Å². The lowest BCUT2D eigenvalue weighted by Gasteiger charge is -2.34. The van der Waals surface area contributed by atoms with Crippen molar-refractivity contribution in [2.75, 3.05) is 76.3 Å². The fourth-order valence-electron chi connectivity index (χ4n) is 8.66. The summed E-state index contributed by atoms with van der Waals surface area (Å²) >= 11 is 12.6. The molecule has 1 aliphatic rings. The van der Waals surface area contributed by atoms with Crippen LogP contribution >= 0.6 is 23.2 Å². The summed E-state index contributed by atoms with van der Waals surface area (Å²) in [6.07, 6.45) is 0. The van der Waals surface area contributed by atoms with E-state index in [4.69, 9.17) is 28.9 Å². The summed E-state index contributed by atoms with van der Waals surface area (Å²) in [5, 5.41) is 28.0. The highest BCUT2D eigenvalue weighted by Crippen LogP contribution is 2.43. The van der Waals surface area contributed by atoms with Crippen LogP contribution in [0.1, 0.15) is 0 Å². The molecule has 0 radical (unpaired) electrons. The number of hydrogen-bond donors (Lipinski definition) is 14. The maximum Gasteiger partial charge on any atom is 0.316 e. The average molecular weight is 1400 g/mol. The Morgan fingerprint density at radius 1 is 0.522 bits per heavy atom. The highest BCUT2D eigenvalue weighted by Gasteiger charge is 2.28. The number of azo groups is 1. The third-order valence-electron chi connectivity index (χ3n) is 12.6. The minimum Gasteiger partial charge on any atom is -0.505 e. The van der Waals surface area contributed by atoms with E-state index < -0.39 is 130 Å². The first-order valence-corrected chi connectivity index (χ1v) is 33.9. The van der Waals surface area contributed by atoms with Gasteiger partial charge < -0.3 is 37.0 Å². The molecular weight excluding hydrogens is 1360 g/mol. The monoisotopic (exact) mass is 1400 g/mol. The highest BCUT2D eigenvalue weighted by atomic mass is 35.5. The topological polar surface area (TPSA) is 570 Å². The molecule has 6 aromatic carbocycles. The lowest BCUT2D eigenvalue weighted by atomic mass is 10.1. The number of hydrazine groups is 1. The van der Waals surface area contributed by atoms with Gasteiger partial charge in [0.1, 0.15) is 31.0 Å². The first kappa shape index (κ1) is 65.8. The van der Waals surface area contributed by atoms with Gasteiger partial charge in [-0.15, -0.1) is 10.2 Å². The number of aromatic hydroxyl groups is 1. The van der Waals surface area contributed by atoms with E-state index in [0.717, 1.165) is 12.1 Å². The largest absolute Gasteiger partial charge is 0.505 e. The van der Waals surface area contributed by atoms with Crippen molar-refractivity contribution in [1.82, 2.24) is 34.8 Å². The number of aromatic nitrogens is 6. The number of hydrogen-bond acceptors (Lipinski definition) is 29. The second-order valence-electron chi connectivity index (χ2n) is 18.7. The Kier molecular flexibility index (Phi) is 18.2. The van der Waals surface area contributed by atoms with Crippen molar-refractivity contribution in [3.63, 3.8) is 0 Å². The van der Waals surface area contributed by atoms with Crippen molar-refractivity contribution in [3.05, 3.63) is 95.5 Å². The summed E-state index contributed by atoms with van der Waals surface area (Å²) in [7, 11) is -30.8. The van der Waals surface area contributed by atoms with Crippen molar-refractivity contribution in [1.29, 1.82) is 0 Å². The van der Waals surface area contributed by atoms with Crippen molar-refractivity contribution in [3.8, 4) is 5.75 Å². The summed E-state index contributed by atoms with van der Waals surface area (Å²) in [5.74, 6) is -0.839. The Balaban J connectivity index is 0.834. The lowest BCUT2D eigenvalue weighted by Crippen LogP contribution is -2.48. The second-order valence-corrected chi connectivity index (χ2v) is 27.7. The lowest BCUT2D eigenvalue weighted by molar-refractivity contribution is 0.259. The van der Waals surface area contributed by atoms with E-state index in [-0.39, 0.29) is 74.4 Å². The minimum atomic E-state index is -5.24. The average Bonchev–Trinajstić information content (AvgIpc) is 0.777. The summed E-state index contributed by atoms with van der Waals surface area (Å²) < 4.78 is 205. The van der Waals surface area contributed by atoms with Crippen molar-refractivity contribution in [2.45, 2.75) is 29.4 Å². The molecule has 0 atom stereocenters. The van der Waals surface area contributed by atoms with Gasteiger partial charge in [0.25, 0.3) is 60.7 Å². The molecule has 0 bridgehead atoms. The van der Waals surface area contributed by atoms with E-state index in [1.54, 1.807) is 0 Å². The van der Waals surface area contributed by atoms with E-state index >= 15 is 0 Å². The Bertz CT molecular complexity index is 5040. The maximum atomic E-state index is 12.6. The van der Waals surface area contributed by atoms with E-state index in [1.165, 1.54) is 36.4 Å². The number of phenols is 1. The Morgan fingerprint density at radius 2 is 1.09 bits per heavy atom. The van der Waals surface area contributed by atoms with Gasteiger partial charge in [0.05, 0.1) is 26.9 Å². The molecule has 45 heteroatoms. The summed E-state index contributed by atoms with van der Waals surface area (Å²) in [5.41, 5.74) is 8.42. The van der Waals surface area contributed by atoms with Crippen LogP contribution in [-0.4, -0.2) is 163 Å². The van der Waals surface area contributed by atoms with Gasteiger partial charge in [0, 0.05) is 61.4 Å². The first-order chi connectivity index (χ1) is 41.9. The Morgan fingerprint density at radius 3 is 1.71 bits per heavy atom. The van der Waals surface area contributed by atoms with Crippen LogP contribution < -0.4 is 42.8 Å². The number of nitrogens with two attached hydrogens (primary N) is 1.